The van der Waals surface area contributed by atoms with Gasteiger partial charge in [-0.2, -0.15) is 0 Å². The third-order valence-electron chi connectivity index (χ3n) is 7.29. The van der Waals surface area contributed by atoms with Crippen molar-refractivity contribution in [2.75, 3.05) is 19.6 Å². The van der Waals surface area contributed by atoms with E-state index in [1.807, 2.05) is 20.8 Å². The molecule has 0 bridgehead atoms. The minimum absolute atomic E-state index is 0.0150. The highest BCUT2D eigenvalue weighted by Gasteiger charge is 2.46. The van der Waals surface area contributed by atoms with E-state index in [4.69, 9.17) is 4.74 Å². The minimum Gasteiger partial charge on any atom is -0.444 e. The Morgan fingerprint density at radius 2 is 1.77 bits per heavy atom. The lowest BCUT2D eigenvalue weighted by Crippen LogP contribution is -2.61. The van der Waals surface area contributed by atoms with Gasteiger partial charge in [0, 0.05) is 43.8 Å². The lowest BCUT2D eigenvalue weighted by Gasteiger charge is -2.52. The van der Waals surface area contributed by atoms with Gasteiger partial charge in [-0.15, -0.1) is 0 Å². The maximum absolute atomic E-state index is 13.0. The van der Waals surface area contributed by atoms with Gasteiger partial charge in [0.15, 0.2) is 0 Å². The van der Waals surface area contributed by atoms with Crippen molar-refractivity contribution >= 4 is 6.09 Å². The van der Waals surface area contributed by atoms with Crippen LogP contribution in [0.2, 0.25) is 0 Å². The third-order valence-corrected chi connectivity index (χ3v) is 7.29. The number of ether oxygens (including phenoxy) is 1. The summed E-state index contributed by atoms with van der Waals surface area (Å²) in [6, 6.07) is 11.8. The number of hydrogen-bond donors (Lipinski definition) is 1. The van der Waals surface area contributed by atoms with E-state index in [1.165, 1.54) is 31.2 Å². The average molecular weight is 428 g/mol. The molecular formula is C26H41N3O2. The molecule has 5 heteroatoms. The maximum atomic E-state index is 13.0. The summed E-state index contributed by atoms with van der Waals surface area (Å²) in [6.07, 6.45) is 9.18. The van der Waals surface area contributed by atoms with E-state index in [1.54, 1.807) is 0 Å². The molecule has 172 valence electrons. The first-order valence-electron chi connectivity index (χ1n) is 12.4. The molecule has 4 rings (SSSR count). The Morgan fingerprint density at radius 3 is 2.48 bits per heavy atom. The largest absolute Gasteiger partial charge is 0.444 e. The number of amides is 1. The second-order valence-electron chi connectivity index (χ2n) is 11.0. The Labute approximate surface area is 188 Å². The van der Waals surface area contributed by atoms with Gasteiger partial charge >= 0.3 is 6.09 Å². The third kappa shape index (κ3) is 5.81. The molecular weight excluding hydrogens is 386 g/mol. The molecule has 2 saturated heterocycles. The highest BCUT2D eigenvalue weighted by Crippen LogP contribution is 2.41. The molecule has 31 heavy (non-hydrogen) atoms. The minimum atomic E-state index is -0.436. The highest BCUT2D eigenvalue weighted by molar-refractivity contribution is 5.69. The average Bonchev–Trinajstić information content (AvgIpc) is 3.14. The van der Waals surface area contributed by atoms with E-state index in [9.17, 15) is 4.79 Å². The van der Waals surface area contributed by atoms with Crippen LogP contribution >= 0.6 is 0 Å². The second-order valence-corrected chi connectivity index (χ2v) is 11.0. The van der Waals surface area contributed by atoms with E-state index >= 15 is 0 Å². The fourth-order valence-electron chi connectivity index (χ4n) is 5.91. The van der Waals surface area contributed by atoms with Crippen molar-refractivity contribution in [1.82, 2.24) is 15.1 Å². The van der Waals surface area contributed by atoms with Gasteiger partial charge in [0.1, 0.15) is 5.60 Å². The Kier molecular flexibility index (Phi) is 6.92. The summed E-state index contributed by atoms with van der Waals surface area (Å²) in [5.74, 6) is 0. The second kappa shape index (κ2) is 9.50. The zero-order valence-corrected chi connectivity index (χ0v) is 19.7. The number of carbonyl (C=O) groups is 1. The molecule has 2 atom stereocenters. The molecule has 2 heterocycles. The van der Waals surface area contributed by atoms with Crippen LogP contribution in [-0.4, -0.2) is 58.8 Å². The van der Waals surface area contributed by atoms with Gasteiger partial charge in [-0.3, -0.25) is 4.90 Å². The molecule has 0 radical (unpaired) electrons. The molecule has 3 aliphatic rings. The number of hydrogen-bond acceptors (Lipinski definition) is 4. The number of nitrogens with zero attached hydrogens (tertiary/aromatic N) is 2. The molecule has 3 fully saturated rings. The Morgan fingerprint density at radius 1 is 1.06 bits per heavy atom. The fraction of sp³-hybridized carbons (Fsp3) is 0.731. The van der Waals surface area contributed by atoms with Crippen LogP contribution in [-0.2, 0) is 11.3 Å². The number of nitrogens with one attached hydrogen (secondary N) is 1. The first-order chi connectivity index (χ1) is 14.8. The molecule has 1 aromatic carbocycles. The van der Waals surface area contributed by atoms with Gasteiger partial charge in [0.2, 0.25) is 0 Å². The van der Waals surface area contributed by atoms with Crippen molar-refractivity contribution < 1.29 is 9.53 Å². The summed E-state index contributed by atoms with van der Waals surface area (Å²) in [5, 5.41) is 3.99. The van der Waals surface area contributed by atoms with Crippen molar-refractivity contribution in [2.45, 2.75) is 102 Å². The SMILES string of the molecule is CC(C)(C)OC(=O)N1CCC(NC2CCN(Cc3ccccc3)C2)CC12CCCCC2. The van der Waals surface area contributed by atoms with Crippen LogP contribution in [0, 0.1) is 0 Å². The summed E-state index contributed by atoms with van der Waals surface area (Å²) >= 11 is 0. The molecule has 2 unspecified atom stereocenters. The smallest absolute Gasteiger partial charge is 0.410 e. The summed E-state index contributed by atoms with van der Waals surface area (Å²) in [5.41, 5.74) is 0.947. The standard InChI is InChI=1S/C26H41N3O2/c1-25(2,3)31-24(30)29-17-13-22(18-26(29)14-8-5-9-15-26)27-23-12-16-28(20-23)19-21-10-6-4-7-11-21/h4,6-7,10-11,22-23,27H,5,8-9,12-20H2,1-3H3. The Hall–Kier alpha value is -1.59. The molecule has 1 amide bonds. The topological polar surface area (TPSA) is 44.8 Å². The lowest BCUT2D eigenvalue weighted by atomic mass is 9.73. The highest BCUT2D eigenvalue weighted by atomic mass is 16.6. The van der Waals surface area contributed by atoms with Crippen molar-refractivity contribution in [3.8, 4) is 0 Å². The summed E-state index contributed by atoms with van der Waals surface area (Å²) in [4.78, 5) is 17.7. The Balaban J connectivity index is 1.35. The van der Waals surface area contributed by atoms with E-state index in [-0.39, 0.29) is 11.6 Å². The number of carbonyl (C=O) groups excluding carboxylic acids is 1. The van der Waals surface area contributed by atoms with E-state index in [0.29, 0.717) is 12.1 Å². The van der Waals surface area contributed by atoms with Crippen LogP contribution in [0.4, 0.5) is 4.79 Å². The fourth-order valence-corrected chi connectivity index (χ4v) is 5.91. The van der Waals surface area contributed by atoms with Crippen LogP contribution in [0.5, 0.6) is 0 Å². The number of likely N-dealkylation sites (tertiary alicyclic amines) is 2. The molecule has 1 aromatic rings. The molecule has 1 saturated carbocycles. The molecule has 1 N–H and O–H groups in total. The van der Waals surface area contributed by atoms with Gasteiger partial charge in [-0.1, -0.05) is 49.6 Å². The molecule has 5 nitrogen and oxygen atoms in total. The van der Waals surface area contributed by atoms with Gasteiger partial charge < -0.3 is 15.0 Å². The van der Waals surface area contributed by atoms with Crippen LogP contribution in [0.1, 0.15) is 77.7 Å². The number of piperidine rings is 1. The van der Waals surface area contributed by atoms with Crippen molar-refractivity contribution in [3.05, 3.63) is 35.9 Å². The van der Waals surface area contributed by atoms with Gasteiger partial charge in [0.25, 0.3) is 0 Å². The lowest BCUT2D eigenvalue weighted by molar-refractivity contribution is -0.0337. The van der Waals surface area contributed by atoms with Gasteiger partial charge in [0.05, 0.1) is 0 Å². The summed E-state index contributed by atoms with van der Waals surface area (Å²) in [6.45, 7) is 10.0. The van der Waals surface area contributed by atoms with Crippen molar-refractivity contribution in [1.29, 1.82) is 0 Å². The number of benzene rings is 1. The normalized spacial score (nSPS) is 26.9. The van der Waals surface area contributed by atoms with Crippen LogP contribution in [0.25, 0.3) is 0 Å². The van der Waals surface area contributed by atoms with Gasteiger partial charge in [-0.05, 0) is 58.4 Å². The van der Waals surface area contributed by atoms with Crippen molar-refractivity contribution in [3.63, 3.8) is 0 Å². The molecule has 2 aliphatic heterocycles. The van der Waals surface area contributed by atoms with Crippen LogP contribution in [0.3, 0.4) is 0 Å². The van der Waals surface area contributed by atoms with Crippen LogP contribution < -0.4 is 5.32 Å². The monoisotopic (exact) mass is 427 g/mol. The molecule has 0 aromatic heterocycles. The van der Waals surface area contributed by atoms with E-state index in [2.05, 4.69) is 45.4 Å². The van der Waals surface area contributed by atoms with Crippen molar-refractivity contribution in [2.24, 2.45) is 0 Å². The first-order valence-corrected chi connectivity index (χ1v) is 12.4. The van der Waals surface area contributed by atoms with Gasteiger partial charge in [-0.25, -0.2) is 4.79 Å². The predicted octanol–water partition coefficient (Wildman–Crippen LogP) is 4.95. The maximum Gasteiger partial charge on any atom is 0.410 e. The zero-order chi connectivity index (χ0) is 21.9. The molecule has 1 aliphatic carbocycles. The summed E-state index contributed by atoms with van der Waals surface area (Å²) < 4.78 is 5.80. The Bertz CT molecular complexity index is 724. The first kappa shape index (κ1) is 22.6. The van der Waals surface area contributed by atoms with E-state index in [0.717, 1.165) is 51.9 Å². The number of rotatable bonds is 4. The van der Waals surface area contributed by atoms with E-state index < -0.39 is 5.60 Å². The predicted molar refractivity (Wildman–Crippen MR) is 125 cm³/mol. The summed E-state index contributed by atoms with van der Waals surface area (Å²) in [7, 11) is 0. The van der Waals surface area contributed by atoms with Crippen LogP contribution in [0.15, 0.2) is 30.3 Å². The zero-order valence-electron chi connectivity index (χ0n) is 19.7. The molecule has 1 spiro atoms. The quantitative estimate of drug-likeness (QED) is 0.738.